The highest BCUT2D eigenvalue weighted by molar-refractivity contribution is 5.92. The van der Waals surface area contributed by atoms with Gasteiger partial charge in [-0.15, -0.1) is 0 Å². The minimum absolute atomic E-state index is 0.171. The van der Waals surface area contributed by atoms with E-state index in [2.05, 4.69) is 0 Å². The first-order chi connectivity index (χ1) is 5.95. The number of carboxylic acid groups (broad SMARTS) is 1. The molecule has 0 bridgehead atoms. The molecule has 72 valence electrons. The van der Waals surface area contributed by atoms with Crippen LogP contribution in [0.15, 0.2) is 11.3 Å². The van der Waals surface area contributed by atoms with E-state index in [4.69, 9.17) is 5.11 Å². The van der Waals surface area contributed by atoms with Crippen LogP contribution in [0.5, 0.6) is 0 Å². The van der Waals surface area contributed by atoms with Crippen LogP contribution in [0.2, 0.25) is 0 Å². The molecule has 0 aromatic carbocycles. The summed E-state index contributed by atoms with van der Waals surface area (Å²) in [5.41, 5.74) is 0.778. The summed E-state index contributed by atoms with van der Waals surface area (Å²) in [6.07, 6.45) is 0. The Kier molecular flexibility index (Phi) is 2.27. The van der Waals surface area contributed by atoms with Gasteiger partial charge in [0.2, 0.25) is 0 Å². The van der Waals surface area contributed by atoms with E-state index in [1.54, 1.807) is 21.0 Å². The first kappa shape index (κ1) is 9.57. The maximum absolute atomic E-state index is 11.3. The van der Waals surface area contributed by atoms with Crippen LogP contribution >= 0.6 is 0 Å². The van der Waals surface area contributed by atoms with Gasteiger partial charge < -0.3 is 14.9 Å². The summed E-state index contributed by atoms with van der Waals surface area (Å²) < 4.78 is 0. The van der Waals surface area contributed by atoms with Crippen molar-refractivity contribution < 1.29 is 14.7 Å². The predicted molar refractivity (Wildman–Crippen MR) is 46.1 cm³/mol. The molecule has 1 aliphatic heterocycles. The van der Waals surface area contributed by atoms with Crippen LogP contribution in [-0.4, -0.2) is 47.5 Å². The molecule has 1 heterocycles. The quantitative estimate of drug-likeness (QED) is 0.639. The fourth-order valence-electron chi connectivity index (χ4n) is 1.24. The molecule has 0 saturated carbocycles. The molecular weight excluding hydrogens is 172 g/mol. The minimum atomic E-state index is -0.969. The third kappa shape index (κ3) is 1.49. The molecule has 5 nitrogen and oxygen atoms in total. The van der Waals surface area contributed by atoms with E-state index >= 15 is 0 Å². The second-order valence-corrected chi connectivity index (χ2v) is 3.07. The lowest BCUT2D eigenvalue weighted by Gasteiger charge is -2.31. The zero-order valence-electron chi connectivity index (χ0n) is 7.87. The zero-order chi connectivity index (χ0) is 10.2. The van der Waals surface area contributed by atoms with Gasteiger partial charge in [-0.1, -0.05) is 0 Å². The highest BCUT2D eigenvalue weighted by Crippen LogP contribution is 2.17. The van der Waals surface area contributed by atoms with E-state index in [9.17, 15) is 9.59 Å². The van der Waals surface area contributed by atoms with Crippen LogP contribution in [0.4, 0.5) is 4.79 Å². The number of rotatable bonds is 1. The average Bonchev–Trinajstić information content (AvgIpc) is 2.07. The van der Waals surface area contributed by atoms with Crippen molar-refractivity contribution in [3.8, 4) is 0 Å². The Morgan fingerprint density at radius 3 is 2.46 bits per heavy atom. The van der Waals surface area contributed by atoms with Crippen LogP contribution in [0.25, 0.3) is 0 Å². The van der Waals surface area contributed by atoms with Gasteiger partial charge in [-0.25, -0.2) is 9.59 Å². The van der Waals surface area contributed by atoms with Crippen molar-refractivity contribution in [2.24, 2.45) is 0 Å². The summed E-state index contributed by atoms with van der Waals surface area (Å²) in [6.45, 7) is 1.80. The molecule has 0 radical (unpaired) electrons. The molecule has 13 heavy (non-hydrogen) atoms. The third-order valence-electron chi connectivity index (χ3n) is 2.21. The zero-order valence-corrected chi connectivity index (χ0v) is 7.87. The van der Waals surface area contributed by atoms with E-state index in [1.165, 1.54) is 9.80 Å². The van der Waals surface area contributed by atoms with Crippen molar-refractivity contribution in [3.63, 3.8) is 0 Å². The monoisotopic (exact) mass is 184 g/mol. The van der Waals surface area contributed by atoms with E-state index in [-0.39, 0.29) is 18.1 Å². The van der Waals surface area contributed by atoms with Gasteiger partial charge in [0.05, 0.1) is 12.1 Å². The molecule has 1 N–H and O–H groups in total. The van der Waals surface area contributed by atoms with Crippen LogP contribution in [0, 0.1) is 0 Å². The molecule has 0 atom stereocenters. The molecule has 1 rings (SSSR count). The van der Waals surface area contributed by atoms with Crippen molar-refractivity contribution in [1.29, 1.82) is 0 Å². The van der Waals surface area contributed by atoms with Crippen molar-refractivity contribution >= 4 is 12.0 Å². The van der Waals surface area contributed by atoms with E-state index in [0.717, 1.165) is 0 Å². The molecule has 0 saturated heterocycles. The van der Waals surface area contributed by atoms with Crippen LogP contribution < -0.4 is 0 Å². The summed E-state index contributed by atoms with van der Waals surface area (Å²) in [5, 5.41) is 8.81. The lowest BCUT2D eigenvalue weighted by Crippen LogP contribution is -2.45. The Bertz CT molecular complexity index is 296. The number of likely N-dealkylation sites (N-methyl/N-ethyl adjacent to an activating group) is 1. The van der Waals surface area contributed by atoms with Crippen LogP contribution in [-0.2, 0) is 4.79 Å². The van der Waals surface area contributed by atoms with E-state index < -0.39 is 5.97 Å². The van der Waals surface area contributed by atoms with Crippen molar-refractivity contribution in [3.05, 3.63) is 11.3 Å². The summed E-state index contributed by atoms with van der Waals surface area (Å²) in [4.78, 5) is 24.8. The van der Waals surface area contributed by atoms with Crippen LogP contribution in [0.3, 0.4) is 0 Å². The molecule has 0 aromatic heterocycles. The molecule has 2 amide bonds. The number of carbonyl (C=O) groups is 2. The second-order valence-electron chi connectivity index (χ2n) is 3.07. The molecule has 0 aliphatic carbocycles. The van der Waals surface area contributed by atoms with Gasteiger partial charge in [-0.2, -0.15) is 0 Å². The first-order valence-electron chi connectivity index (χ1n) is 3.87. The largest absolute Gasteiger partial charge is 0.478 e. The lowest BCUT2D eigenvalue weighted by atomic mass is 10.1. The molecular formula is C8H12N2O3. The Hall–Kier alpha value is -1.52. The number of aliphatic carboxylic acids is 1. The number of carboxylic acids is 1. The molecule has 0 unspecified atom stereocenters. The molecule has 0 aromatic rings. The number of amides is 2. The van der Waals surface area contributed by atoms with E-state index in [0.29, 0.717) is 5.70 Å². The fraction of sp³-hybridized carbons (Fsp3) is 0.500. The third-order valence-corrected chi connectivity index (χ3v) is 2.21. The number of urea groups is 1. The van der Waals surface area contributed by atoms with Crippen LogP contribution in [0.1, 0.15) is 6.92 Å². The Morgan fingerprint density at radius 2 is 2.00 bits per heavy atom. The van der Waals surface area contributed by atoms with Gasteiger partial charge in [0, 0.05) is 19.8 Å². The smallest absolute Gasteiger partial charge is 0.335 e. The normalized spacial score (nSPS) is 18.2. The second kappa shape index (κ2) is 3.08. The van der Waals surface area contributed by atoms with Crippen molar-refractivity contribution in [1.82, 2.24) is 9.80 Å². The van der Waals surface area contributed by atoms with Crippen molar-refractivity contribution in [2.45, 2.75) is 6.92 Å². The minimum Gasteiger partial charge on any atom is -0.478 e. The number of allylic oxidation sites excluding steroid dienone is 1. The van der Waals surface area contributed by atoms with Crippen molar-refractivity contribution in [2.75, 3.05) is 20.6 Å². The number of hydrogen-bond acceptors (Lipinski definition) is 2. The molecule has 1 aliphatic rings. The molecule has 0 spiro atoms. The first-order valence-corrected chi connectivity index (χ1v) is 3.87. The Balaban J connectivity index is 3.08. The molecule has 5 heteroatoms. The maximum atomic E-state index is 11.3. The summed E-state index contributed by atoms with van der Waals surface area (Å²) in [5.74, 6) is -0.969. The summed E-state index contributed by atoms with van der Waals surface area (Å²) in [6, 6.07) is -0.178. The average molecular weight is 184 g/mol. The summed E-state index contributed by atoms with van der Waals surface area (Å²) >= 11 is 0. The summed E-state index contributed by atoms with van der Waals surface area (Å²) in [7, 11) is 3.14. The standard InChI is InChI=1S/C8H12N2O3/c1-5-6(7(11)12)4-9(2)8(13)10(5)3/h4H2,1-3H3,(H,11,12). The Labute approximate surface area is 76.2 Å². The van der Waals surface area contributed by atoms with Gasteiger partial charge in [0.25, 0.3) is 0 Å². The lowest BCUT2D eigenvalue weighted by molar-refractivity contribution is -0.133. The number of carbonyl (C=O) groups excluding carboxylic acids is 1. The Morgan fingerprint density at radius 1 is 1.46 bits per heavy atom. The topological polar surface area (TPSA) is 60.9 Å². The predicted octanol–water partition coefficient (Wildman–Crippen LogP) is 0.342. The number of hydrogen-bond donors (Lipinski definition) is 1. The SMILES string of the molecule is CC1=C(C(=O)O)CN(C)C(=O)N1C. The van der Waals surface area contributed by atoms with Gasteiger partial charge in [0.15, 0.2) is 0 Å². The van der Waals surface area contributed by atoms with E-state index in [1.807, 2.05) is 0 Å². The van der Waals surface area contributed by atoms with Gasteiger partial charge in [-0.05, 0) is 6.92 Å². The maximum Gasteiger partial charge on any atom is 0.335 e. The highest BCUT2D eigenvalue weighted by atomic mass is 16.4. The fourth-order valence-corrected chi connectivity index (χ4v) is 1.24. The van der Waals surface area contributed by atoms with Gasteiger partial charge in [0.1, 0.15) is 0 Å². The molecule has 0 fully saturated rings. The highest BCUT2D eigenvalue weighted by Gasteiger charge is 2.28. The van der Waals surface area contributed by atoms with Gasteiger partial charge >= 0.3 is 12.0 Å². The number of nitrogens with zero attached hydrogens (tertiary/aromatic N) is 2. The van der Waals surface area contributed by atoms with Gasteiger partial charge in [-0.3, -0.25) is 0 Å².